The normalized spacial score (nSPS) is 15.1. The van der Waals surface area contributed by atoms with Crippen molar-refractivity contribution in [3.63, 3.8) is 0 Å². The van der Waals surface area contributed by atoms with E-state index in [2.05, 4.69) is 31.5 Å². The Hall–Kier alpha value is -1.88. The molecule has 1 saturated carbocycles. The summed E-state index contributed by atoms with van der Waals surface area (Å²) in [6.07, 6.45) is 7.89. The molecule has 0 spiro atoms. The minimum absolute atomic E-state index is 0.120. The number of aryl methyl sites for hydroxylation is 1. The summed E-state index contributed by atoms with van der Waals surface area (Å²) in [5, 5.41) is 6.40. The lowest BCUT2D eigenvalue weighted by molar-refractivity contribution is 0.102. The predicted octanol–water partition coefficient (Wildman–Crippen LogP) is 5.15. The second-order valence-electron chi connectivity index (χ2n) is 6.33. The molecule has 1 amide bonds. The van der Waals surface area contributed by atoms with Crippen LogP contribution in [0.1, 0.15) is 48.0 Å². The fraction of sp³-hybridized carbons (Fsp3) is 0.368. The number of pyridine rings is 1. The van der Waals surface area contributed by atoms with Crippen LogP contribution in [-0.4, -0.2) is 16.9 Å². The molecule has 2 N–H and O–H groups in total. The number of amides is 1. The van der Waals surface area contributed by atoms with Gasteiger partial charge in [-0.15, -0.1) is 0 Å². The molecule has 1 aromatic heterocycles. The lowest BCUT2D eigenvalue weighted by Gasteiger charge is -2.23. The van der Waals surface area contributed by atoms with Gasteiger partial charge in [0.1, 0.15) is 5.82 Å². The quantitative estimate of drug-likeness (QED) is 0.762. The molecule has 1 aromatic carbocycles. The van der Waals surface area contributed by atoms with Crippen molar-refractivity contribution >= 4 is 33.3 Å². The summed E-state index contributed by atoms with van der Waals surface area (Å²) in [6.45, 7) is 2.00. The van der Waals surface area contributed by atoms with Crippen molar-refractivity contribution in [1.82, 2.24) is 4.98 Å². The minimum Gasteiger partial charge on any atom is -0.367 e. The van der Waals surface area contributed by atoms with E-state index in [0.29, 0.717) is 11.6 Å². The highest BCUT2D eigenvalue weighted by molar-refractivity contribution is 9.10. The van der Waals surface area contributed by atoms with Crippen molar-refractivity contribution < 1.29 is 4.79 Å². The van der Waals surface area contributed by atoms with Gasteiger partial charge in [0.25, 0.3) is 5.91 Å². The fourth-order valence-electron chi connectivity index (χ4n) is 3.03. The van der Waals surface area contributed by atoms with Gasteiger partial charge in [0, 0.05) is 28.0 Å². The lowest BCUT2D eigenvalue weighted by Crippen LogP contribution is -2.23. The van der Waals surface area contributed by atoms with Crippen LogP contribution in [0.15, 0.2) is 41.0 Å². The Balaban J connectivity index is 1.68. The number of anilines is 2. The van der Waals surface area contributed by atoms with E-state index in [9.17, 15) is 4.79 Å². The van der Waals surface area contributed by atoms with Crippen LogP contribution in [0.25, 0.3) is 0 Å². The minimum atomic E-state index is -0.120. The van der Waals surface area contributed by atoms with Gasteiger partial charge in [0.15, 0.2) is 0 Å². The number of benzene rings is 1. The summed E-state index contributed by atoms with van der Waals surface area (Å²) in [7, 11) is 0. The van der Waals surface area contributed by atoms with Crippen molar-refractivity contribution in [2.24, 2.45) is 0 Å². The highest BCUT2D eigenvalue weighted by Crippen LogP contribution is 2.22. The Bertz CT molecular complexity index is 726. The molecule has 1 fully saturated rings. The molecule has 0 saturated heterocycles. The van der Waals surface area contributed by atoms with Gasteiger partial charge >= 0.3 is 0 Å². The van der Waals surface area contributed by atoms with Crippen LogP contribution in [0.3, 0.4) is 0 Å². The SMILES string of the molecule is Cc1cc(NC(=O)c2ccnc(NC3CCCCC3)c2)ccc1Br. The van der Waals surface area contributed by atoms with E-state index in [1.54, 1.807) is 12.3 Å². The second kappa shape index (κ2) is 7.79. The Morgan fingerprint density at radius 3 is 2.71 bits per heavy atom. The van der Waals surface area contributed by atoms with Crippen LogP contribution in [0.5, 0.6) is 0 Å². The van der Waals surface area contributed by atoms with Gasteiger partial charge < -0.3 is 10.6 Å². The van der Waals surface area contributed by atoms with E-state index < -0.39 is 0 Å². The van der Waals surface area contributed by atoms with Gasteiger partial charge in [-0.2, -0.15) is 0 Å². The molecule has 1 heterocycles. The number of carbonyl (C=O) groups excluding carboxylic acids is 1. The maximum Gasteiger partial charge on any atom is 0.255 e. The molecule has 0 aliphatic heterocycles. The molecule has 0 radical (unpaired) electrons. The van der Waals surface area contributed by atoms with Crippen molar-refractivity contribution in [2.45, 2.75) is 45.1 Å². The average Bonchev–Trinajstić information content (AvgIpc) is 2.59. The molecule has 3 rings (SSSR count). The maximum atomic E-state index is 12.5. The Kier molecular flexibility index (Phi) is 5.51. The van der Waals surface area contributed by atoms with Gasteiger partial charge in [-0.1, -0.05) is 35.2 Å². The summed E-state index contributed by atoms with van der Waals surface area (Å²) in [5.74, 6) is 0.660. The molecule has 126 valence electrons. The largest absolute Gasteiger partial charge is 0.367 e. The number of hydrogen-bond acceptors (Lipinski definition) is 3. The fourth-order valence-corrected chi connectivity index (χ4v) is 3.28. The molecule has 1 aliphatic rings. The molecule has 0 bridgehead atoms. The van der Waals surface area contributed by atoms with Crippen LogP contribution >= 0.6 is 15.9 Å². The highest BCUT2D eigenvalue weighted by atomic mass is 79.9. The van der Waals surface area contributed by atoms with Crippen LogP contribution in [0.4, 0.5) is 11.5 Å². The van der Waals surface area contributed by atoms with E-state index in [0.717, 1.165) is 21.5 Å². The first-order chi connectivity index (χ1) is 11.6. The molecule has 5 heteroatoms. The van der Waals surface area contributed by atoms with Gasteiger partial charge in [0.05, 0.1) is 0 Å². The third-order valence-electron chi connectivity index (χ3n) is 4.40. The summed E-state index contributed by atoms with van der Waals surface area (Å²) in [5.41, 5.74) is 2.49. The third kappa shape index (κ3) is 4.35. The first-order valence-electron chi connectivity index (χ1n) is 8.42. The number of rotatable bonds is 4. The lowest BCUT2D eigenvalue weighted by atomic mass is 9.95. The molecule has 0 atom stereocenters. The number of aromatic nitrogens is 1. The molecule has 24 heavy (non-hydrogen) atoms. The Morgan fingerprint density at radius 2 is 1.96 bits per heavy atom. The van der Waals surface area contributed by atoms with Crippen LogP contribution in [0.2, 0.25) is 0 Å². The topological polar surface area (TPSA) is 54.0 Å². The Morgan fingerprint density at radius 1 is 1.17 bits per heavy atom. The summed E-state index contributed by atoms with van der Waals surface area (Å²) >= 11 is 3.47. The smallest absolute Gasteiger partial charge is 0.255 e. The van der Waals surface area contributed by atoms with E-state index >= 15 is 0 Å². The van der Waals surface area contributed by atoms with Gasteiger partial charge in [-0.25, -0.2) is 4.98 Å². The summed E-state index contributed by atoms with van der Waals surface area (Å²) < 4.78 is 1.03. The summed E-state index contributed by atoms with van der Waals surface area (Å²) in [4.78, 5) is 16.8. The predicted molar refractivity (Wildman–Crippen MR) is 102 cm³/mol. The number of hydrogen-bond donors (Lipinski definition) is 2. The standard InChI is InChI=1S/C19H22BrN3O/c1-13-11-16(7-8-17(13)20)23-19(24)14-9-10-21-18(12-14)22-15-5-3-2-4-6-15/h7-12,15H,2-6H2,1H3,(H,21,22)(H,23,24). The zero-order valence-corrected chi connectivity index (χ0v) is 15.4. The van der Waals surface area contributed by atoms with E-state index in [1.165, 1.54) is 32.1 Å². The van der Waals surface area contributed by atoms with Crippen molar-refractivity contribution in [3.8, 4) is 0 Å². The van der Waals surface area contributed by atoms with Crippen molar-refractivity contribution in [2.75, 3.05) is 10.6 Å². The maximum absolute atomic E-state index is 12.5. The molecule has 2 aromatic rings. The molecule has 0 unspecified atom stereocenters. The monoisotopic (exact) mass is 387 g/mol. The van der Waals surface area contributed by atoms with Crippen LogP contribution in [-0.2, 0) is 0 Å². The number of halogens is 1. The van der Waals surface area contributed by atoms with Crippen molar-refractivity contribution in [3.05, 3.63) is 52.1 Å². The van der Waals surface area contributed by atoms with Gasteiger partial charge in [-0.05, 0) is 55.7 Å². The first kappa shape index (κ1) is 17.0. The van der Waals surface area contributed by atoms with Gasteiger partial charge in [-0.3, -0.25) is 4.79 Å². The van der Waals surface area contributed by atoms with E-state index in [1.807, 2.05) is 31.2 Å². The first-order valence-corrected chi connectivity index (χ1v) is 9.21. The second-order valence-corrected chi connectivity index (χ2v) is 7.18. The van der Waals surface area contributed by atoms with E-state index in [4.69, 9.17) is 0 Å². The van der Waals surface area contributed by atoms with Crippen LogP contribution < -0.4 is 10.6 Å². The highest BCUT2D eigenvalue weighted by Gasteiger charge is 2.14. The number of carbonyl (C=O) groups is 1. The average molecular weight is 388 g/mol. The summed E-state index contributed by atoms with van der Waals surface area (Å²) in [6, 6.07) is 9.82. The Labute approximate surface area is 151 Å². The van der Waals surface area contributed by atoms with Crippen LogP contribution in [0, 0.1) is 6.92 Å². The zero-order valence-electron chi connectivity index (χ0n) is 13.8. The molecular formula is C19H22BrN3O. The number of nitrogens with zero attached hydrogens (tertiary/aromatic N) is 1. The molecular weight excluding hydrogens is 366 g/mol. The van der Waals surface area contributed by atoms with Gasteiger partial charge in [0.2, 0.25) is 0 Å². The zero-order chi connectivity index (χ0) is 16.9. The third-order valence-corrected chi connectivity index (χ3v) is 5.28. The molecule has 1 aliphatic carbocycles. The number of nitrogens with one attached hydrogen (secondary N) is 2. The van der Waals surface area contributed by atoms with E-state index in [-0.39, 0.29) is 5.91 Å². The molecule has 4 nitrogen and oxygen atoms in total. The van der Waals surface area contributed by atoms with Crippen molar-refractivity contribution in [1.29, 1.82) is 0 Å².